The highest BCUT2D eigenvalue weighted by molar-refractivity contribution is 7.91. The number of sulfonamides is 1. The fraction of sp³-hybridized carbons (Fsp3) is 0.444. The number of hydrogen-bond donors (Lipinski definition) is 1. The van der Waals surface area contributed by atoms with Crippen molar-refractivity contribution in [3.05, 3.63) is 17.5 Å². The van der Waals surface area contributed by atoms with E-state index in [1.165, 1.54) is 13.2 Å². The molecule has 0 amide bonds. The summed E-state index contributed by atoms with van der Waals surface area (Å²) < 4.78 is 29.9. The Kier molecular flexibility index (Phi) is 5.06. The molecule has 1 aromatic rings. The molecular weight excluding hydrogens is 266 g/mol. The SMILES string of the molecule is COCCN(CC(=O)O)S(=O)(=O)c1cccs1. The summed E-state index contributed by atoms with van der Waals surface area (Å²) in [6.07, 6.45) is 0. The molecule has 0 radical (unpaired) electrons. The third-order valence-electron chi connectivity index (χ3n) is 1.95. The molecule has 0 aliphatic rings. The Hall–Kier alpha value is -0.960. The number of ether oxygens (including phenoxy) is 1. The highest BCUT2D eigenvalue weighted by Gasteiger charge is 2.26. The fourth-order valence-corrected chi connectivity index (χ4v) is 3.68. The van der Waals surface area contributed by atoms with E-state index in [0.29, 0.717) is 0 Å². The summed E-state index contributed by atoms with van der Waals surface area (Å²) in [6.45, 7) is -0.398. The van der Waals surface area contributed by atoms with Crippen molar-refractivity contribution in [2.45, 2.75) is 4.21 Å². The average molecular weight is 279 g/mol. The van der Waals surface area contributed by atoms with Crippen LogP contribution in [0.5, 0.6) is 0 Å². The Morgan fingerprint density at radius 3 is 2.76 bits per heavy atom. The largest absolute Gasteiger partial charge is 0.480 e. The Bertz CT molecular complexity index is 454. The van der Waals surface area contributed by atoms with Crippen molar-refractivity contribution in [2.24, 2.45) is 0 Å². The normalized spacial score (nSPS) is 11.9. The Balaban J connectivity index is 2.92. The highest BCUT2D eigenvalue weighted by Crippen LogP contribution is 2.20. The van der Waals surface area contributed by atoms with Crippen molar-refractivity contribution in [3.63, 3.8) is 0 Å². The molecule has 0 fully saturated rings. The van der Waals surface area contributed by atoms with Crippen LogP contribution >= 0.6 is 11.3 Å². The van der Waals surface area contributed by atoms with Crippen LogP contribution in [0.4, 0.5) is 0 Å². The molecule has 1 aromatic heterocycles. The Labute approximate surface area is 103 Å². The molecule has 0 atom stereocenters. The molecule has 1 rings (SSSR count). The van der Waals surface area contributed by atoms with Crippen LogP contribution in [0.15, 0.2) is 21.7 Å². The van der Waals surface area contributed by atoms with Crippen molar-refractivity contribution in [2.75, 3.05) is 26.8 Å². The number of carboxylic acid groups (broad SMARTS) is 1. The number of thiophene rings is 1. The highest BCUT2D eigenvalue weighted by atomic mass is 32.2. The zero-order chi connectivity index (χ0) is 12.9. The molecule has 1 N–H and O–H groups in total. The van der Waals surface area contributed by atoms with Gasteiger partial charge in [0.15, 0.2) is 0 Å². The van der Waals surface area contributed by atoms with E-state index in [2.05, 4.69) is 0 Å². The van der Waals surface area contributed by atoms with Gasteiger partial charge in [0, 0.05) is 13.7 Å². The van der Waals surface area contributed by atoms with Crippen molar-refractivity contribution in [1.82, 2.24) is 4.31 Å². The second-order valence-electron chi connectivity index (χ2n) is 3.16. The molecule has 0 saturated heterocycles. The van der Waals surface area contributed by atoms with Gasteiger partial charge in [-0.1, -0.05) is 6.07 Å². The number of nitrogens with zero attached hydrogens (tertiary/aromatic N) is 1. The second kappa shape index (κ2) is 6.10. The first kappa shape index (κ1) is 14.1. The summed E-state index contributed by atoms with van der Waals surface area (Å²) in [5.41, 5.74) is 0. The summed E-state index contributed by atoms with van der Waals surface area (Å²) in [5, 5.41) is 10.3. The van der Waals surface area contributed by atoms with E-state index in [9.17, 15) is 13.2 Å². The maximum Gasteiger partial charge on any atom is 0.318 e. The van der Waals surface area contributed by atoms with Crippen molar-refractivity contribution < 1.29 is 23.1 Å². The number of carbonyl (C=O) groups is 1. The molecule has 6 nitrogen and oxygen atoms in total. The van der Waals surface area contributed by atoms with E-state index in [0.717, 1.165) is 15.6 Å². The van der Waals surface area contributed by atoms with E-state index in [1.54, 1.807) is 11.4 Å². The minimum absolute atomic E-state index is 0.0169. The summed E-state index contributed by atoms with van der Waals surface area (Å²) in [5.74, 6) is -1.19. The van der Waals surface area contributed by atoms with Crippen LogP contribution in [0.3, 0.4) is 0 Å². The first-order chi connectivity index (χ1) is 7.98. The molecular formula is C9H13NO5S2. The summed E-state index contributed by atoms with van der Waals surface area (Å²) in [7, 11) is -2.31. The minimum atomic E-state index is -3.73. The zero-order valence-corrected chi connectivity index (χ0v) is 10.8. The minimum Gasteiger partial charge on any atom is -0.480 e. The van der Waals surface area contributed by atoms with Gasteiger partial charge in [-0.25, -0.2) is 8.42 Å². The lowest BCUT2D eigenvalue weighted by Gasteiger charge is -2.18. The van der Waals surface area contributed by atoms with Gasteiger partial charge in [0.1, 0.15) is 10.8 Å². The van der Waals surface area contributed by atoms with Gasteiger partial charge in [0.05, 0.1) is 6.61 Å². The van der Waals surface area contributed by atoms with Gasteiger partial charge in [-0.15, -0.1) is 11.3 Å². The average Bonchev–Trinajstić information content (AvgIpc) is 2.77. The van der Waals surface area contributed by atoms with Gasteiger partial charge in [0.2, 0.25) is 0 Å². The van der Waals surface area contributed by atoms with Gasteiger partial charge >= 0.3 is 5.97 Å². The third-order valence-corrected chi connectivity index (χ3v) is 5.16. The lowest BCUT2D eigenvalue weighted by molar-refractivity contribution is -0.137. The Morgan fingerprint density at radius 1 is 1.59 bits per heavy atom. The molecule has 8 heteroatoms. The van der Waals surface area contributed by atoms with Gasteiger partial charge in [0.25, 0.3) is 10.0 Å². The van der Waals surface area contributed by atoms with Crippen molar-refractivity contribution >= 4 is 27.3 Å². The lowest BCUT2D eigenvalue weighted by atomic mass is 10.6. The number of rotatable bonds is 7. The maximum absolute atomic E-state index is 12.1. The van der Waals surface area contributed by atoms with Gasteiger partial charge < -0.3 is 9.84 Å². The van der Waals surface area contributed by atoms with Gasteiger partial charge in [-0.05, 0) is 11.4 Å². The van der Waals surface area contributed by atoms with Gasteiger partial charge in [-0.2, -0.15) is 4.31 Å². The van der Waals surface area contributed by atoms with Crippen LogP contribution in [0.25, 0.3) is 0 Å². The van der Waals surface area contributed by atoms with Crippen LogP contribution < -0.4 is 0 Å². The van der Waals surface area contributed by atoms with Crippen molar-refractivity contribution in [3.8, 4) is 0 Å². The predicted octanol–water partition coefficient (Wildman–Crippen LogP) is 0.470. The number of aliphatic carboxylic acids is 1. The van der Waals surface area contributed by atoms with Gasteiger partial charge in [-0.3, -0.25) is 4.79 Å². The lowest BCUT2D eigenvalue weighted by Crippen LogP contribution is -2.37. The molecule has 0 spiro atoms. The first-order valence-electron chi connectivity index (χ1n) is 4.73. The number of hydrogen-bond acceptors (Lipinski definition) is 5. The molecule has 1 heterocycles. The van der Waals surface area contributed by atoms with Crippen molar-refractivity contribution in [1.29, 1.82) is 0 Å². The third kappa shape index (κ3) is 3.77. The second-order valence-corrected chi connectivity index (χ2v) is 6.27. The summed E-state index contributed by atoms with van der Waals surface area (Å²) in [6, 6.07) is 3.05. The fourth-order valence-electron chi connectivity index (χ4n) is 1.17. The predicted molar refractivity (Wildman–Crippen MR) is 62.6 cm³/mol. The van der Waals surface area contributed by atoms with Crippen LogP contribution in [-0.4, -0.2) is 50.6 Å². The molecule has 0 unspecified atom stereocenters. The van der Waals surface area contributed by atoms with E-state index in [1.807, 2.05) is 0 Å². The Morgan fingerprint density at radius 2 is 2.29 bits per heavy atom. The number of carboxylic acids is 1. The van der Waals surface area contributed by atoms with E-state index >= 15 is 0 Å². The standard InChI is InChI=1S/C9H13NO5S2/c1-15-5-4-10(7-8(11)12)17(13,14)9-3-2-6-16-9/h2-3,6H,4-5,7H2,1H3,(H,11,12). The van der Waals surface area contributed by atoms with Crippen LogP contribution in [0.2, 0.25) is 0 Å². The first-order valence-corrected chi connectivity index (χ1v) is 7.05. The summed E-state index contributed by atoms with van der Waals surface area (Å²) in [4.78, 5) is 10.6. The quantitative estimate of drug-likeness (QED) is 0.784. The topological polar surface area (TPSA) is 83.9 Å². The smallest absolute Gasteiger partial charge is 0.318 e. The van der Waals surface area contributed by atoms with Crippen LogP contribution in [-0.2, 0) is 19.6 Å². The molecule has 0 aliphatic heterocycles. The van der Waals surface area contributed by atoms with Crippen LogP contribution in [0.1, 0.15) is 0 Å². The van der Waals surface area contributed by atoms with Crippen LogP contribution in [0, 0.1) is 0 Å². The molecule has 0 saturated carbocycles. The zero-order valence-electron chi connectivity index (χ0n) is 9.20. The molecule has 17 heavy (non-hydrogen) atoms. The molecule has 0 aliphatic carbocycles. The van der Waals surface area contributed by atoms with E-state index in [-0.39, 0.29) is 17.4 Å². The van der Waals surface area contributed by atoms with E-state index in [4.69, 9.17) is 9.84 Å². The monoisotopic (exact) mass is 279 g/mol. The maximum atomic E-state index is 12.1. The molecule has 0 bridgehead atoms. The van der Waals surface area contributed by atoms with E-state index < -0.39 is 22.5 Å². The molecule has 96 valence electrons. The molecule has 0 aromatic carbocycles. The number of methoxy groups -OCH3 is 1. The summed E-state index contributed by atoms with van der Waals surface area (Å²) >= 11 is 1.06.